The zero-order valence-electron chi connectivity index (χ0n) is 20.3. The molecule has 1 aliphatic heterocycles. The molecule has 180 valence electrons. The second-order valence-electron chi connectivity index (χ2n) is 9.48. The largest absolute Gasteiger partial charge is 0.492 e. The van der Waals surface area contributed by atoms with E-state index in [1.165, 1.54) is 0 Å². The van der Waals surface area contributed by atoms with Gasteiger partial charge in [0.1, 0.15) is 23.0 Å². The van der Waals surface area contributed by atoms with Gasteiger partial charge in [0.05, 0.1) is 23.4 Å². The lowest BCUT2D eigenvalue weighted by Crippen LogP contribution is -2.42. The summed E-state index contributed by atoms with van der Waals surface area (Å²) in [5.74, 6) is 1.21. The zero-order chi connectivity index (χ0) is 24.4. The molecular weight excluding hydrogens is 440 g/mol. The highest BCUT2D eigenvalue weighted by molar-refractivity contribution is 7.92. The molecule has 8 heteroatoms. The van der Waals surface area contributed by atoms with Crippen molar-refractivity contribution in [1.29, 1.82) is 0 Å². The van der Waals surface area contributed by atoms with Crippen LogP contribution < -0.4 is 19.1 Å². The Hall–Kier alpha value is -2.74. The van der Waals surface area contributed by atoms with Crippen LogP contribution in [0, 0.1) is 18.3 Å². The topological polar surface area (TPSA) is 84.9 Å². The normalized spacial score (nSPS) is 15.6. The molecule has 0 unspecified atom stereocenters. The third-order valence-electron chi connectivity index (χ3n) is 5.53. The number of hydrogen-bond donors (Lipinski definition) is 1. The fourth-order valence-electron chi connectivity index (χ4n) is 3.63. The summed E-state index contributed by atoms with van der Waals surface area (Å²) >= 11 is 0. The number of nitrogens with one attached hydrogen (secondary N) is 1. The van der Waals surface area contributed by atoms with Crippen LogP contribution in [0.3, 0.4) is 0 Å². The Kier molecular flexibility index (Phi) is 7.26. The Labute approximate surface area is 197 Å². The van der Waals surface area contributed by atoms with Gasteiger partial charge in [0.25, 0.3) is 10.0 Å². The number of nitrogens with zero attached hydrogens (tertiary/aromatic N) is 1. The van der Waals surface area contributed by atoms with Gasteiger partial charge < -0.3 is 14.4 Å². The van der Waals surface area contributed by atoms with E-state index in [1.807, 2.05) is 26.8 Å². The molecule has 2 aromatic rings. The van der Waals surface area contributed by atoms with Gasteiger partial charge in [-0.15, -0.1) is 0 Å². The van der Waals surface area contributed by atoms with E-state index in [1.54, 1.807) is 42.2 Å². The minimum absolute atomic E-state index is 0.00338. The molecule has 1 N–H and O–H groups in total. The lowest BCUT2D eigenvalue weighted by Gasteiger charge is -2.28. The van der Waals surface area contributed by atoms with Crippen molar-refractivity contribution < 1.29 is 22.7 Å². The summed E-state index contributed by atoms with van der Waals surface area (Å²) in [6.45, 7) is 12.7. The number of hydrogen-bond acceptors (Lipinski definition) is 5. The predicted molar refractivity (Wildman–Crippen MR) is 131 cm³/mol. The van der Waals surface area contributed by atoms with Crippen molar-refractivity contribution in [2.24, 2.45) is 11.3 Å². The van der Waals surface area contributed by atoms with Gasteiger partial charge in [-0.1, -0.05) is 19.9 Å². The van der Waals surface area contributed by atoms with Gasteiger partial charge in [0.15, 0.2) is 0 Å². The zero-order valence-corrected chi connectivity index (χ0v) is 21.1. The molecule has 3 rings (SSSR count). The van der Waals surface area contributed by atoms with Crippen molar-refractivity contribution in [3.8, 4) is 11.5 Å². The Balaban J connectivity index is 1.96. The SMILES string of the molecule is CCOc1ccc(C)cc1S(=O)(=O)Nc1ccc2c(c1)OCC(C)(C)C(=O)N2CCC(C)C. The third-order valence-corrected chi connectivity index (χ3v) is 6.94. The molecule has 33 heavy (non-hydrogen) atoms. The summed E-state index contributed by atoms with van der Waals surface area (Å²) in [5, 5.41) is 0. The summed E-state index contributed by atoms with van der Waals surface area (Å²) < 4.78 is 40.5. The minimum Gasteiger partial charge on any atom is -0.492 e. The quantitative estimate of drug-likeness (QED) is 0.582. The molecule has 0 spiro atoms. The number of amides is 1. The van der Waals surface area contributed by atoms with E-state index in [2.05, 4.69) is 18.6 Å². The van der Waals surface area contributed by atoms with Gasteiger partial charge in [-0.05, 0) is 69.9 Å². The number of fused-ring (bicyclic) bond motifs is 1. The van der Waals surface area contributed by atoms with E-state index in [4.69, 9.17) is 9.47 Å². The van der Waals surface area contributed by atoms with Crippen LogP contribution in [0.5, 0.6) is 11.5 Å². The van der Waals surface area contributed by atoms with Crippen LogP contribution in [0.25, 0.3) is 0 Å². The van der Waals surface area contributed by atoms with Crippen LogP contribution in [0.1, 0.15) is 46.6 Å². The molecule has 0 fully saturated rings. The summed E-state index contributed by atoms with van der Waals surface area (Å²) in [4.78, 5) is 15.0. The first-order chi connectivity index (χ1) is 15.4. The second kappa shape index (κ2) is 9.63. The highest BCUT2D eigenvalue weighted by Crippen LogP contribution is 2.39. The van der Waals surface area contributed by atoms with Crippen molar-refractivity contribution >= 4 is 27.3 Å². The van der Waals surface area contributed by atoms with Crippen LogP contribution in [0.4, 0.5) is 11.4 Å². The average molecular weight is 475 g/mol. The van der Waals surface area contributed by atoms with E-state index in [0.717, 1.165) is 12.0 Å². The van der Waals surface area contributed by atoms with Crippen molar-refractivity contribution in [3.05, 3.63) is 42.0 Å². The Morgan fingerprint density at radius 3 is 2.58 bits per heavy atom. The van der Waals surface area contributed by atoms with E-state index in [9.17, 15) is 13.2 Å². The molecule has 0 atom stereocenters. The summed E-state index contributed by atoms with van der Waals surface area (Å²) in [6, 6.07) is 10.1. The Bertz CT molecular complexity index is 1130. The molecule has 0 aliphatic carbocycles. The molecule has 1 aliphatic rings. The van der Waals surface area contributed by atoms with Crippen LogP contribution >= 0.6 is 0 Å². The van der Waals surface area contributed by atoms with E-state index >= 15 is 0 Å². The maximum Gasteiger partial charge on any atom is 0.265 e. The fourth-order valence-corrected chi connectivity index (χ4v) is 4.91. The van der Waals surface area contributed by atoms with Crippen LogP contribution in [0.2, 0.25) is 0 Å². The molecule has 7 nitrogen and oxygen atoms in total. The number of ether oxygens (including phenoxy) is 2. The molecule has 0 radical (unpaired) electrons. The molecule has 0 aromatic heterocycles. The van der Waals surface area contributed by atoms with E-state index in [0.29, 0.717) is 41.9 Å². The summed E-state index contributed by atoms with van der Waals surface area (Å²) in [7, 11) is -3.90. The van der Waals surface area contributed by atoms with Crippen molar-refractivity contribution in [1.82, 2.24) is 0 Å². The molecule has 1 heterocycles. The molecule has 0 bridgehead atoms. The predicted octanol–water partition coefficient (Wildman–Crippen LogP) is 4.99. The molecular formula is C25H34N2O5S. The van der Waals surface area contributed by atoms with Crippen LogP contribution in [0.15, 0.2) is 41.3 Å². The first-order valence-corrected chi connectivity index (χ1v) is 12.8. The maximum absolute atomic E-state index is 13.2. The molecule has 0 saturated heterocycles. The number of sulfonamides is 1. The highest BCUT2D eigenvalue weighted by Gasteiger charge is 2.37. The number of carbonyl (C=O) groups is 1. The average Bonchev–Trinajstić information content (AvgIpc) is 2.82. The monoisotopic (exact) mass is 474 g/mol. The maximum atomic E-state index is 13.2. The van der Waals surface area contributed by atoms with Gasteiger partial charge in [-0.2, -0.15) is 0 Å². The Morgan fingerprint density at radius 1 is 1.18 bits per heavy atom. The van der Waals surface area contributed by atoms with Gasteiger partial charge in [0.2, 0.25) is 5.91 Å². The van der Waals surface area contributed by atoms with Crippen LogP contribution in [-0.4, -0.2) is 34.1 Å². The van der Waals surface area contributed by atoms with Gasteiger partial charge in [0, 0.05) is 12.6 Å². The lowest BCUT2D eigenvalue weighted by molar-refractivity contribution is -0.127. The second-order valence-corrected chi connectivity index (χ2v) is 11.1. The summed E-state index contributed by atoms with van der Waals surface area (Å²) in [6.07, 6.45) is 0.850. The van der Waals surface area contributed by atoms with E-state index < -0.39 is 15.4 Å². The van der Waals surface area contributed by atoms with Crippen molar-refractivity contribution in [2.75, 3.05) is 29.4 Å². The standard InChI is InChI=1S/C25H34N2O5S/c1-7-31-21-11-8-18(4)14-23(21)33(29,30)26-19-9-10-20-22(15-19)32-16-25(5,6)24(28)27(20)13-12-17(2)3/h8-11,14-15,17,26H,7,12-13,16H2,1-6H3. The number of benzene rings is 2. The smallest absolute Gasteiger partial charge is 0.265 e. The first kappa shape index (κ1) is 24.9. The summed E-state index contributed by atoms with van der Waals surface area (Å²) in [5.41, 5.74) is 1.13. The number of rotatable bonds is 8. The molecule has 2 aromatic carbocycles. The number of carbonyl (C=O) groups excluding carboxylic acids is 1. The van der Waals surface area contributed by atoms with Gasteiger partial charge in [-0.25, -0.2) is 8.42 Å². The fraction of sp³-hybridized carbons (Fsp3) is 0.480. The van der Waals surface area contributed by atoms with Crippen molar-refractivity contribution in [2.45, 2.75) is 52.9 Å². The van der Waals surface area contributed by atoms with Gasteiger partial charge in [-0.3, -0.25) is 9.52 Å². The molecule has 1 amide bonds. The van der Waals surface area contributed by atoms with Crippen molar-refractivity contribution in [3.63, 3.8) is 0 Å². The minimum atomic E-state index is -3.90. The first-order valence-electron chi connectivity index (χ1n) is 11.3. The Morgan fingerprint density at radius 2 is 1.91 bits per heavy atom. The number of aryl methyl sites for hydroxylation is 1. The van der Waals surface area contributed by atoms with Gasteiger partial charge >= 0.3 is 0 Å². The highest BCUT2D eigenvalue weighted by atomic mass is 32.2. The van der Waals surface area contributed by atoms with E-state index in [-0.39, 0.29) is 17.4 Å². The third kappa shape index (κ3) is 5.61. The van der Waals surface area contributed by atoms with Crippen LogP contribution in [-0.2, 0) is 14.8 Å². The lowest BCUT2D eigenvalue weighted by atomic mass is 9.92. The molecule has 0 saturated carbocycles. The number of anilines is 2.